The zero-order valence-corrected chi connectivity index (χ0v) is 8.86. The minimum atomic E-state index is -3.46. The molecule has 1 aromatic rings. The van der Waals surface area contributed by atoms with E-state index < -0.39 is 15.8 Å². The van der Waals surface area contributed by atoms with Gasteiger partial charge in [-0.05, 0) is 12.8 Å². The third kappa shape index (κ3) is 1.74. The average molecular weight is 230 g/mol. The summed E-state index contributed by atoms with van der Waals surface area (Å²) < 4.78 is 24.0. The van der Waals surface area contributed by atoms with Crippen molar-refractivity contribution in [3.63, 3.8) is 0 Å². The normalized spacial score (nSPS) is 16.6. The van der Waals surface area contributed by atoms with E-state index in [0.29, 0.717) is 0 Å². The summed E-state index contributed by atoms with van der Waals surface area (Å²) in [4.78, 5) is 14.5. The van der Waals surface area contributed by atoms with Gasteiger partial charge in [-0.25, -0.2) is 18.2 Å². The van der Waals surface area contributed by atoms with E-state index in [0.717, 1.165) is 25.3 Å². The van der Waals surface area contributed by atoms with Crippen molar-refractivity contribution in [1.82, 2.24) is 9.55 Å². The molecule has 0 aromatic carbocycles. The first kappa shape index (κ1) is 10.2. The summed E-state index contributed by atoms with van der Waals surface area (Å²) in [6.07, 6.45) is 3.73. The van der Waals surface area contributed by atoms with Gasteiger partial charge in [0.05, 0.1) is 6.20 Å². The van der Waals surface area contributed by atoms with Crippen molar-refractivity contribution in [2.24, 2.45) is 0 Å². The van der Waals surface area contributed by atoms with Gasteiger partial charge in [0.2, 0.25) is 15.0 Å². The first-order valence-electron chi connectivity index (χ1n) is 4.42. The summed E-state index contributed by atoms with van der Waals surface area (Å²) >= 11 is 0. The molecule has 1 heterocycles. The van der Waals surface area contributed by atoms with Gasteiger partial charge in [0.25, 0.3) is 0 Å². The Bertz CT molecular complexity index is 513. The Balaban J connectivity index is 2.62. The fourth-order valence-corrected chi connectivity index (χ4v) is 2.31. The van der Waals surface area contributed by atoms with Crippen molar-refractivity contribution >= 4 is 15.8 Å². The van der Waals surface area contributed by atoms with Crippen molar-refractivity contribution in [1.29, 1.82) is 0 Å². The molecule has 0 unspecified atom stereocenters. The Labute approximate surface area is 86.5 Å². The van der Waals surface area contributed by atoms with Crippen LogP contribution in [0, 0.1) is 0 Å². The van der Waals surface area contributed by atoms with E-state index in [1.165, 1.54) is 4.57 Å². The van der Waals surface area contributed by atoms with Gasteiger partial charge in [-0.3, -0.25) is 0 Å². The van der Waals surface area contributed by atoms with Crippen LogP contribution in [0.15, 0.2) is 11.4 Å². The Kier molecular flexibility index (Phi) is 2.07. The third-order valence-electron chi connectivity index (χ3n) is 2.23. The molecule has 1 fully saturated rings. The molecule has 2 rings (SSSR count). The lowest BCUT2D eigenvalue weighted by Gasteiger charge is -2.06. The summed E-state index contributed by atoms with van der Waals surface area (Å²) in [6.45, 7) is 0. The highest BCUT2D eigenvalue weighted by Gasteiger charge is 2.33. The summed E-state index contributed by atoms with van der Waals surface area (Å²) in [6, 6.07) is -0.0247. The number of nitrogens with zero attached hydrogens (tertiary/aromatic N) is 2. The maximum absolute atomic E-state index is 11.3. The third-order valence-corrected chi connectivity index (χ3v) is 3.19. The van der Waals surface area contributed by atoms with Crippen LogP contribution in [0.25, 0.3) is 0 Å². The topological polar surface area (TPSA) is 89.3 Å². The number of carbonyl (C=O) groups is 1. The summed E-state index contributed by atoms with van der Waals surface area (Å²) in [7, 11) is -3.46. The van der Waals surface area contributed by atoms with E-state index in [9.17, 15) is 13.2 Å². The summed E-state index contributed by atoms with van der Waals surface area (Å²) in [5.41, 5.74) is -0.0575. The molecule has 82 valence electrons. The molecule has 0 radical (unpaired) electrons. The fourth-order valence-electron chi connectivity index (χ4n) is 1.46. The number of sulfone groups is 1. The van der Waals surface area contributed by atoms with E-state index in [-0.39, 0.29) is 16.9 Å². The van der Waals surface area contributed by atoms with Crippen LogP contribution in [0.5, 0.6) is 0 Å². The van der Waals surface area contributed by atoms with Crippen LogP contribution < -0.4 is 0 Å². The molecular formula is C8H10N2O4S. The number of imidazole rings is 1. The van der Waals surface area contributed by atoms with Gasteiger partial charge in [0.1, 0.15) is 5.69 Å². The highest BCUT2D eigenvalue weighted by molar-refractivity contribution is 7.90. The van der Waals surface area contributed by atoms with E-state index in [2.05, 4.69) is 4.98 Å². The second-order valence-electron chi connectivity index (χ2n) is 3.60. The first-order valence-corrected chi connectivity index (χ1v) is 6.31. The number of hydrogen-bond acceptors (Lipinski definition) is 4. The number of aromatic nitrogens is 2. The molecular weight excluding hydrogens is 220 g/mol. The smallest absolute Gasteiger partial charge is 0.354 e. The van der Waals surface area contributed by atoms with Crippen molar-refractivity contribution in [3.05, 3.63) is 11.9 Å². The minimum absolute atomic E-state index is 0.0247. The molecule has 0 spiro atoms. The Hall–Kier alpha value is -1.37. The lowest BCUT2D eigenvalue weighted by molar-refractivity contribution is 0.0683. The molecule has 7 heteroatoms. The molecule has 0 aliphatic heterocycles. The van der Waals surface area contributed by atoms with Crippen LogP contribution in [0.1, 0.15) is 29.4 Å². The van der Waals surface area contributed by atoms with E-state index in [1.807, 2.05) is 0 Å². The quantitative estimate of drug-likeness (QED) is 0.807. The largest absolute Gasteiger partial charge is 0.477 e. The molecule has 1 aromatic heterocycles. The Morgan fingerprint density at radius 1 is 1.60 bits per heavy atom. The maximum atomic E-state index is 11.3. The number of aromatic carboxylic acids is 1. The highest BCUT2D eigenvalue weighted by Crippen LogP contribution is 2.37. The van der Waals surface area contributed by atoms with Gasteiger partial charge < -0.3 is 9.67 Å². The zero-order valence-electron chi connectivity index (χ0n) is 8.04. The maximum Gasteiger partial charge on any atom is 0.354 e. The van der Waals surface area contributed by atoms with Crippen LogP contribution in [-0.2, 0) is 9.84 Å². The monoisotopic (exact) mass is 230 g/mol. The predicted molar refractivity (Wildman–Crippen MR) is 50.6 cm³/mol. The van der Waals surface area contributed by atoms with Gasteiger partial charge >= 0.3 is 5.97 Å². The molecule has 0 atom stereocenters. The number of carboxylic acid groups (broad SMARTS) is 1. The fraction of sp³-hybridized carbons (Fsp3) is 0.500. The van der Waals surface area contributed by atoms with Crippen LogP contribution in [0.2, 0.25) is 0 Å². The van der Waals surface area contributed by atoms with Gasteiger partial charge in [-0.2, -0.15) is 0 Å². The molecule has 0 bridgehead atoms. The van der Waals surface area contributed by atoms with Gasteiger partial charge in [0.15, 0.2) is 0 Å². The number of carboxylic acids is 1. The molecule has 0 saturated heterocycles. The van der Waals surface area contributed by atoms with Gasteiger partial charge in [-0.15, -0.1) is 0 Å². The highest BCUT2D eigenvalue weighted by atomic mass is 32.2. The number of rotatable bonds is 3. The summed E-state index contributed by atoms with van der Waals surface area (Å²) in [5, 5.41) is 8.72. The van der Waals surface area contributed by atoms with Crippen molar-refractivity contribution in [3.8, 4) is 0 Å². The zero-order chi connectivity index (χ0) is 11.2. The molecule has 1 saturated carbocycles. The van der Waals surface area contributed by atoms with Crippen LogP contribution in [0.4, 0.5) is 0 Å². The van der Waals surface area contributed by atoms with Crippen molar-refractivity contribution in [2.75, 3.05) is 6.26 Å². The second-order valence-corrected chi connectivity index (χ2v) is 5.51. The molecule has 0 amide bonds. The van der Waals surface area contributed by atoms with Crippen LogP contribution in [-0.4, -0.2) is 35.3 Å². The predicted octanol–water partition coefficient (Wildman–Crippen LogP) is 0.320. The van der Waals surface area contributed by atoms with Gasteiger partial charge in [-0.1, -0.05) is 0 Å². The van der Waals surface area contributed by atoms with Crippen molar-refractivity contribution in [2.45, 2.75) is 24.0 Å². The van der Waals surface area contributed by atoms with Crippen LogP contribution >= 0.6 is 0 Å². The SMILES string of the molecule is CS(=O)(=O)c1ncc(C(=O)O)n1C1CC1. The molecule has 6 nitrogen and oxygen atoms in total. The molecule has 15 heavy (non-hydrogen) atoms. The van der Waals surface area contributed by atoms with Crippen LogP contribution in [0.3, 0.4) is 0 Å². The first-order chi connectivity index (χ1) is 6.91. The molecule has 1 N–H and O–H groups in total. The van der Waals surface area contributed by atoms with E-state index in [1.54, 1.807) is 0 Å². The van der Waals surface area contributed by atoms with Crippen molar-refractivity contribution < 1.29 is 18.3 Å². The molecule has 1 aliphatic carbocycles. The average Bonchev–Trinajstić information content (AvgIpc) is 2.81. The van der Waals surface area contributed by atoms with E-state index >= 15 is 0 Å². The lowest BCUT2D eigenvalue weighted by atomic mass is 10.4. The Morgan fingerprint density at radius 2 is 2.20 bits per heavy atom. The Morgan fingerprint density at radius 3 is 2.60 bits per heavy atom. The molecule has 1 aliphatic rings. The summed E-state index contributed by atoms with van der Waals surface area (Å²) in [5.74, 6) is -1.15. The van der Waals surface area contributed by atoms with E-state index in [4.69, 9.17) is 5.11 Å². The van der Waals surface area contributed by atoms with Gasteiger partial charge in [0, 0.05) is 12.3 Å². The second kappa shape index (κ2) is 3.06. The lowest BCUT2D eigenvalue weighted by Crippen LogP contribution is -2.13. The number of hydrogen-bond donors (Lipinski definition) is 1. The minimum Gasteiger partial charge on any atom is -0.477 e. The standard InChI is InChI=1S/C8H10N2O4S/c1-15(13,14)8-9-4-6(7(11)12)10(8)5-2-3-5/h4-5H,2-3H2,1H3,(H,11,12).